The van der Waals surface area contributed by atoms with E-state index >= 15 is 0 Å². The Morgan fingerprint density at radius 2 is 2.17 bits per heavy atom. The van der Waals surface area contributed by atoms with E-state index in [-0.39, 0.29) is 0 Å². The molecule has 0 fully saturated rings. The highest BCUT2D eigenvalue weighted by Gasteiger charge is 2.09. The number of aliphatic hydroxyl groups excluding tert-OH is 1. The molecule has 1 rings (SSSR count). The molecule has 5 heteroatoms. The summed E-state index contributed by atoms with van der Waals surface area (Å²) in [6.45, 7) is 7.55. The fourth-order valence-corrected chi connectivity index (χ4v) is 1.93. The Hall–Kier alpha value is -0.940. The van der Waals surface area contributed by atoms with E-state index in [1.807, 2.05) is 17.8 Å². The summed E-state index contributed by atoms with van der Waals surface area (Å²) in [5.41, 5.74) is 1.06. The molecule has 2 atom stereocenters. The SMILES string of the molecule is CCCC(C)c1cn(CCCC(O)OCC)nn1. The zero-order valence-corrected chi connectivity index (χ0v) is 11.7. The van der Waals surface area contributed by atoms with Crippen LogP contribution in [0, 0.1) is 0 Å². The van der Waals surface area contributed by atoms with Crippen molar-refractivity contribution < 1.29 is 9.84 Å². The van der Waals surface area contributed by atoms with Crippen LogP contribution in [0.1, 0.15) is 58.1 Å². The highest BCUT2D eigenvalue weighted by molar-refractivity contribution is 4.99. The Balaban J connectivity index is 2.31. The van der Waals surface area contributed by atoms with Gasteiger partial charge in [-0.1, -0.05) is 25.5 Å². The second-order valence-electron chi connectivity index (χ2n) is 4.65. The summed E-state index contributed by atoms with van der Waals surface area (Å²) in [6.07, 6.45) is 5.13. The van der Waals surface area contributed by atoms with E-state index in [9.17, 15) is 5.11 Å². The molecule has 5 nitrogen and oxygen atoms in total. The van der Waals surface area contributed by atoms with Crippen LogP contribution in [0.15, 0.2) is 6.20 Å². The lowest BCUT2D eigenvalue weighted by Gasteiger charge is -2.09. The number of aliphatic hydroxyl groups is 1. The van der Waals surface area contributed by atoms with E-state index in [0.29, 0.717) is 18.9 Å². The number of ether oxygens (including phenoxy) is 1. The minimum absolute atomic E-state index is 0.470. The second-order valence-corrected chi connectivity index (χ2v) is 4.65. The Bertz CT molecular complexity index is 328. The standard InChI is InChI=1S/C13H25N3O2/c1-4-7-11(3)12-10-16(15-14-12)9-6-8-13(17)18-5-2/h10-11,13,17H,4-9H2,1-3H3. The van der Waals surface area contributed by atoms with Crippen LogP contribution in [0.2, 0.25) is 0 Å². The quantitative estimate of drug-likeness (QED) is 0.688. The molecule has 0 aliphatic heterocycles. The summed E-state index contributed by atoms with van der Waals surface area (Å²) >= 11 is 0. The summed E-state index contributed by atoms with van der Waals surface area (Å²) in [5, 5.41) is 17.7. The molecule has 0 radical (unpaired) electrons. The normalized spacial score (nSPS) is 14.7. The topological polar surface area (TPSA) is 60.2 Å². The first kappa shape index (κ1) is 15.1. The Kier molecular flexibility index (Phi) is 6.90. The molecule has 0 bridgehead atoms. The molecule has 0 aliphatic rings. The van der Waals surface area contributed by atoms with Crippen LogP contribution in [0.4, 0.5) is 0 Å². The number of hydrogen-bond acceptors (Lipinski definition) is 4. The smallest absolute Gasteiger partial charge is 0.154 e. The fraction of sp³-hybridized carbons (Fsp3) is 0.846. The number of rotatable bonds is 9. The van der Waals surface area contributed by atoms with Crippen molar-refractivity contribution in [3.63, 3.8) is 0 Å². The van der Waals surface area contributed by atoms with Crippen LogP contribution < -0.4 is 0 Å². The van der Waals surface area contributed by atoms with Gasteiger partial charge in [-0.25, -0.2) is 0 Å². The van der Waals surface area contributed by atoms with Crippen LogP contribution in [0.25, 0.3) is 0 Å². The van der Waals surface area contributed by atoms with Crippen molar-refractivity contribution in [2.75, 3.05) is 6.61 Å². The van der Waals surface area contributed by atoms with Crippen molar-refractivity contribution in [2.24, 2.45) is 0 Å². The van der Waals surface area contributed by atoms with Crippen LogP contribution in [-0.4, -0.2) is 33.0 Å². The van der Waals surface area contributed by atoms with Gasteiger partial charge >= 0.3 is 0 Å². The summed E-state index contributed by atoms with van der Waals surface area (Å²) in [5.74, 6) is 0.470. The van der Waals surface area contributed by atoms with E-state index in [1.54, 1.807) is 0 Å². The van der Waals surface area contributed by atoms with Gasteiger partial charge in [0.25, 0.3) is 0 Å². The van der Waals surface area contributed by atoms with Gasteiger partial charge in [0.1, 0.15) is 0 Å². The van der Waals surface area contributed by atoms with Gasteiger partial charge in [-0.3, -0.25) is 4.68 Å². The minimum atomic E-state index is -0.656. The van der Waals surface area contributed by atoms with Crippen LogP contribution >= 0.6 is 0 Å². The lowest BCUT2D eigenvalue weighted by Crippen LogP contribution is -2.12. The number of aryl methyl sites for hydroxylation is 1. The molecule has 1 aromatic heterocycles. The average molecular weight is 255 g/mol. The maximum absolute atomic E-state index is 9.42. The van der Waals surface area contributed by atoms with Gasteiger partial charge in [0, 0.05) is 25.3 Å². The fourth-order valence-electron chi connectivity index (χ4n) is 1.93. The molecular weight excluding hydrogens is 230 g/mol. The van der Waals surface area contributed by atoms with Gasteiger partial charge < -0.3 is 9.84 Å². The summed E-state index contributed by atoms with van der Waals surface area (Å²) in [6, 6.07) is 0. The second kappa shape index (κ2) is 8.21. The van der Waals surface area contributed by atoms with Gasteiger partial charge in [-0.2, -0.15) is 0 Å². The zero-order valence-electron chi connectivity index (χ0n) is 11.7. The third-order valence-electron chi connectivity index (χ3n) is 2.98. The van der Waals surface area contributed by atoms with Gasteiger partial charge in [0.15, 0.2) is 6.29 Å². The van der Waals surface area contributed by atoms with Gasteiger partial charge in [0.05, 0.1) is 5.69 Å². The summed E-state index contributed by atoms with van der Waals surface area (Å²) < 4.78 is 6.91. The van der Waals surface area contributed by atoms with Gasteiger partial charge in [0.2, 0.25) is 0 Å². The molecule has 18 heavy (non-hydrogen) atoms. The molecule has 0 saturated carbocycles. The molecule has 1 N–H and O–H groups in total. The van der Waals surface area contributed by atoms with Crippen molar-refractivity contribution >= 4 is 0 Å². The molecular formula is C13H25N3O2. The maximum atomic E-state index is 9.42. The van der Waals surface area contributed by atoms with E-state index < -0.39 is 6.29 Å². The predicted molar refractivity (Wildman–Crippen MR) is 70.2 cm³/mol. The first-order chi connectivity index (χ1) is 8.67. The molecule has 104 valence electrons. The van der Waals surface area contributed by atoms with Crippen molar-refractivity contribution in [3.8, 4) is 0 Å². The van der Waals surface area contributed by atoms with Gasteiger partial charge in [-0.15, -0.1) is 5.10 Å². The Labute approximate surface area is 109 Å². The third-order valence-corrected chi connectivity index (χ3v) is 2.98. The molecule has 0 aliphatic carbocycles. The zero-order chi connectivity index (χ0) is 13.4. The van der Waals surface area contributed by atoms with E-state index in [0.717, 1.165) is 31.5 Å². The van der Waals surface area contributed by atoms with Gasteiger partial charge in [-0.05, 0) is 26.2 Å². The maximum Gasteiger partial charge on any atom is 0.154 e. The minimum Gasteiger partial charge on any atom is -0.368 e. The Morgan fingerprint density at radius 1 is 1.39 bits per heavy atom. The lowest BCUT2D eigenvalue weighted by atomic mass is 10.0. The molecule has 0 amide bonds. The Morgan fingerprint density at radius 3 is 2.83 bits per heavy atom. The number of hydrogen-bond donors (Lipinski definition) is 1. The van der Waals surface area contributed by atoms with Crippen LogP contribution in [0.3, 0.4) is 0 Å². The summed E-state index contributed by atoms with van der Waals surface area (Å²) in [7, 11) is 0. The first-order valence-corrected chi connectivity index (χ1v) is 6.87. The molecule has 0 aromatic carbocycles. The van der Waals surface area contributed by atoms with E-state index in [2.05, 4.69) is 24.2 Å². The molecule has 1 aromatic rings. The van der Waals surface area contributed by atoms with Crippen molar-refractivity contribution in [1.82, 2.24) is 15.0 Å². The highest BCUT2D eigenvalue weighted by Crippen LogP contribution is 2.17. The van der Waals surface area contributed by atoms with Crippen LogP contribution in [-0.2, 0) is 11.3 Å². The number of aromatic nitrogens is 3. The lowest BCUT2D eigenvalue weighted by molar-refractivity contribution is -0.0996. The first-order valence-electron chi connectivity index (χ1n) is 6.87. The predicted octanol–water partition coefficient (Wildman–Crippen LogP) is 2.32. The van der Waals surface area contributed by atoms with E-state index in [4.69, 9.17) is 4.74 Å². The molecule has 2 unspecified atom stereocenters. The van der Waals surface area contributed by atoms with Crippen molar-refractivity contribution in [1.29, 1.82) is 0 Å². The highest BCUT2D eigenvalue weighted by atomic mass is 16.6. The summed E-state index contributed by atoms with van der Waals surface area (Å²) in [4.78, 5) is 0. The molecule has 0 spiro atoms. The monoisotopic (exact) mass is 255 g/mol. The molecule has 1 heterocycles. The number of nitrogens with zero attached hydrogens (tertiary/aromatic N) is 3. The van der Waals surface area contributed by atoms with E-state index in [1.165, 1.54) is 0 Å². The average Bonchev–Trinajstić information content (AvgIpc) is 2.78. The van der Waals surface area contributed by atoms with Crippen molar-refractivity contribution in [2.45, 2.75) is 65.2 Å². The largest absolute Gasteiger partial charge is 0.368 e. The third kappa shape index (κ3) is 5.14. The van der Waals surface area contributed by atoms with Crippen LogP contribution in [0.5, 0.6) is 0 Å². The molecule has 0 saturated heterocycles. The van der Waals surface area contributed by atoms with Crippen molar-refractivity contribution in [3.05, 3.63) is 11.9 Å².